The van der Waals surface area contributed by atoms with Gasteiger partial charge in [-0.05, 0) is 67.6 Å². The molecule has 0 radical (unpaired) electrons. The summed E-state index contributed by atoms with van der Waals surface area (Å²) in [6.07, 6.45) is 1.56. The van der Waals surface area contributed by atoms with Crippen LogP contribution in [0.2, 0.25) is 0 Å². The van der Waals surface area contributed by atoms with Crippen LogP contribution < -0.4 is 0 Å². The van der Waals surface area contributed by atoms with Crippen molar-refractivity contribution in [1.29, 1.82) is 5.41 Å². The lowest BCUT2D eigenvalue weighted by Gasteiger charge is -2.20. The Kier molecular flexibility index (Phi) is 5.05. The van der Waals surface area contributed by atoms with Crippen molar-refractivity contribution >= 4 is 39.8 Å². The molecule has 1 N–H and O–H groups in total. The molecule has 33 heavy (non-hydrogen) atoms. The summed E-state index contributed by atoms with van der Waals surface area (Å²) in [5.41, 5.74) is 2.88. The second-order valence-electron chi connectivity index (χ2n) is 7.52. The summed E-state index contributed by atoms with van der Waals surface area (Å²) >= 11 is 1.04. The molecular weight excluding hydrogens is 444 g/mol. The van der Waals surface area contributed by atoms with Crippen LogP contribution in [-0.4, -0.2) is 31.5 Å². The van der Waals surface area contributed by atoms with Crippen LogP contribution in [0.1, 0.15) is 22.5 Å². The molecule has 0 unspecified atom stereocenters. The average molecular weight is 461 g/mol. The van der Waals surface area contributed by atoms with Gasteiger partial charge >= 0.3 is 0 Å². The van der Waals surface area contributed by atoms with Crippen molar-refractivity contribution < 1.29 is 13.6 Å². The van der Waals surface area contributed by atoms with Crippen LogP contribution in [0.5, 0.6) is 0 Å². The maximum absolute atomic E-state index is 14.4. The molecule has 0 saturated heterocycles. The van der Waals surface area contributed by atoms with Crippen LogP contribution in [0.3, 0.4) is 0 Å². The lowest BCUT2D eigenvalue weighted by atomic mass is 10.1. The standard InChI is InChI=1S/C24H17F2N5OS/c1-13-11-15(14(2)30(13)20-10-6-5-9-19(20)26)12-17-21(27)31-24(28-22(17)32)33-23(29-31)16-7-3-4-8-18(16)25/h3-12,27H,1-2H3/b17-12-,27-21?. The van der Waals surface area contributed by atoms with Crippen molar-refractivity contribution in [1.82, 2.24) is 9.58 Å². The zero-order chi connectivity index (χ0) is 23.3. The van der Waals surface area contributed by atoms with Crippen LogP contribution in [-0.2, 0) is 4.79 Å². The molecule has 1 aromatic heterocycles. The fourth-order valence-electron chi connectivity index (χ4n) is 3.83. The summed E-state index contributed by atoms with van der Waals surface area (Å²) in [7, 11) is 0. The van der Waals surface area contributed by atoms with Crippen molar-refractivity contribution in [3.8, 4) is 5.69 Å². The summed E-state index contributed by atoms with van der Waals surface area (Å²) in [6, 6.07) is 14.4. The van der Waals surface area contributed by atoms with Gasteiger partial charge in [0.05, 0.1) is 11.3 Å². The third-order valence-corrected chi connectivity index (χ3v) is 6.36. The van der Waals surface area contributed by atoms with Crippen molar-refractivity contribution in [2.24, 2.45) is 10.1 Å². The Bertz CT molecular complexity index is 1440. The minimum absolute atomic E-state index is 0.0478. The Morgan fingerprint density at radius 1 is 1.03 bits per heavy atom. The number of hydrogen-bond acceptors (Lipinski definition) is 4. The number of amidine groups is 2. The molecule has 0 aliphatic carbocycles. The van der Waals surface area contributed by atoms with Gasteiger partial charge in [-0.3, -0.25) is 10.2 Å². The first-order valence-electron chi connectivity index (χ1n) is 10.0. The van der Waals surface area contributed by atoms with E-state index in [4.69, 9.17) is 5.41 Å². The van der Waals surface area contributed by atoms with Crippen molar-refractivity contribution in [2.45, 2.75) is 13.8 Å². The van der Waals surface area contributed by atoms with Gasteiger partial charge in [0, 0.05) is 17.0 Å². The Hall–Kier alpha value is -3.85. The molecule has 0 fully saturated rings. The van der Waals surface area contributed by atoms with Gasteiger partial charge in [-0.2, -0.15) is 15.1 Å². The number of aliphatic imine (C=N–C) groups is 1. The number of thioether (sulfide) groups is 1. The highest BCUT2D eigenvalue weighted by Crippen LogP contribution is 2.32. The summed E-state index contributed by atoms with van der Waals surface area (Å²) < 4.78 is 30.3. The van der Waals surface area contributed by atoms with E-state index in [1.54, 1.807) is 47.0 Å². The lowest BCUT2D eigenvalue weighted by Crippen LogP contribution is -2.35. The number of carbonyl (C=O) groups excluding carboxylic acids is 1. The smallest absolute Gasteiger partial charge is 0.283 e. The Labute approximate surface area is 192 Å². The second-order valence-corrected chi connectivity index (χ2v) is 8.47. The zero-order valence-corrected chi connectivity index (χ0v) is 18.5. The number of amides is 1. The molecule has 0 atom stereocenters. The Morgan fingerprint density at radius 3 is 2.45 bits per heavy atom. The molecule has 3 aromatic rings. The predicted octanol–water partition coefficient (Wildman–Crippen LogP) is 5.04. The SMILES string of the molecule is Cc1cc(/C=C2/C(=N)N3N=C(c4ccccc4F)SC3=NC2=O)c(C)n1-c1ccccc1F. The normalized spacial score (nSPS) is 16.8. The summed E-state index contributed by atoms with van der Waals surface area (Å²) in [5.74, 6) is -1.55. The molecule has 2 aliphatic heterocycles. The predicted molar refractivity (Wildman–Crippen MR) is 126 cm³/mol. The number of rotatable bonds is 3. The van der Waals surface area contributed by atoms with Gasteiger partial charge in [-0.1, -0.05) is 24.3 Å². The molecule has 0 bridgehead atoms. The molecule has 3 heterocycles. The van der Waals surface area contributed by atoms with Crippen LogP contribution in [0.25, 0.3) is 11.8 Å². The number of nitrogens with one attached hydrogen (secondary N) is 1. The largest absolute Gasteiger partial charge is 0.315 e. The molecule has 9 heteroatoms. The minimum atomic E-state index is -0.584. The van der Waals surface area contributed by atoms with E-state index < -0.39 is 11.7 Å². The Morgan fingerprint density at radius 2 is 1.73 bits per heavy atom. The van der Waals surface area contributed by atoms with Gasteiger partial charge in [-0.15, -0.1) is 0 Å². The van der Waals surface area contributed by atoms with Gasteiger partial charge in [0.25, 0.3) is 5.91 Å². The van der Waals surface area contributed by atoms with E-state index in [9.17, 15) is 13.6 Å². The van der Waals surface area contributed by atoms with Crippen molar-refractivity contribution in [2.75, 3.05) is 0 Å². The van der Waals surface area contributed by atoms with Gasteiger partial charge < -0.3 is 4.57 Å². The molecule has 0 saturated carbocycles. The van der Waals surface area contributed by atoms with E-state index in [0.29, 0.717) is 22.0 Å². The maximum atomic E-state index is 14.4. The number of hydrogen-bond donors (Lipinski definition) is 1. The van der Waals surface area contributed by atoms with E-state index in [2.05, 4.69) is 10.1 Å². The monoisotopic (exact) mass is 461 g/mol. The second kappa shape index (κ2) is 7.93. The number of hydrazone groups is 1. The van der Waals surface area contributed by atoms with E-state index in [1.165, 1.54) is 17.1 Å². The number of para-hydroxylation sites is 1. The van der Waals surface area contributed by atoms with Gasteiger partial charge in [0.1, 0.15) is 16.7 Å². The fraction of sp³-hybridized carbons (Fsp3) is 0.0833. The topological polar surface area (TPSA) is 73.8 Å². The van der Waals surface area contributed by atoms with Crippen LogP contribution >= 0.6 is 11.8 Å². The number of aryl methyl sites for hydroxylation is 1. The third-order valence-electron chi connectivity index (χ3n) is 5.42. The molecule has 2 aromatic carbocycles. The first kappa shape index (κ1) is 21.0. The zero-order valence-electron chi connectivity index (χ0n) is 17.6. The molecule has 5 rings (SSSR count). The van der Waals surface area contributed by atoms with Crippen LogP contribution in [0.4, 0.5) is 8.78 Å². The highest BCUT2D eigenvalue weighted by molar-refractivity contribution is 8.27. The van der Waals surface area contributed by atoms with E-state index in [1.807, 2.05) is 19.9 Å². The molecule has 2 aliphatic rings. The van der Waals surface area contributed by atoms with Gasteiger partial charge in [-0.25, -0.2) is 8.78 Å². The van der Waals surface area contributed by atoms with Crippen LogP contribution in [0.15, 0.2) is 70.3 Å². The first-order valence-corrected chi connectivity index (χ1v) is 10.9. The number of benzene rings is 2. The average Bonchev–Trinajstić information content (AvgIpc) is 3.32. The lowest BCUT2D eigenvalue weighted by molar-refractivity contribution is -0.114. The third kappa shape index (κ3) is 3.50. The summed E-state index contributed by atoms with van der Waals surface area (Å²) in [4.78, 5) is 16.8. The van der Waals surface area contributed by atoms with E-state index in [0.717, 1.165) is 17.5 Å². The van der Waals surface area contributed by atoms with Gasteiger partial charge in [0.2, 0.25) is 5.17 Å². The number of aromatic nitrogens is 1. The number of nitrogens with zero attached hydrogens (tertiary/aromatic N) is 4. The molecular formula is C24H17F2N5OS. The number of halogens is 2. The minimum Gasteiger partial charge on any atom is -0.315 e. The highest BCUT2D eigenvalue weighted by Gasteiger charge is 2.36. The number of carbonyl (C=O) groups is 1. The first-order chi connectivity index (χ1) is 15.8. The van der Waals surface area contributed by atoms with Crippen LogP contribution in [0, 0.1) is 30.9 Å². The molecule has 0 spiro atoms. The van der Waals surface area contributed by atoms with E-state index >= 15 is 0 Å². The highest BCUT2D eigenvalue weighted by atomic mass is 32.2. The molecule has 164 valence electrons. The fourth-order valence-corrected chi connectivity index (χ4v) is 4.75. The number of fused-ring (bicyclic) bond motifs is 1. The van der Waals surface area contributed by atoms with Crippen molar-refractivity contribution in [3.05, 3.63) is 94.3 Å². The van der Waals surface area contributed by atoms with Crippen molar-refractivity contribution in [3.63, 3.8) is 0 Å². The van der Waals surface area contributed by atoms with Gasteiger partial charge in [0.15, 0.2) is 5.84 Å². The molecule has 1 amide bonds. The molecule has 6 nitrogen and oxygen atoms in total. The quantitative estimate of drug-likeness (QED) is 0.556. The summed E-state index contributed by atoms with van der Waals surface area (Å²) in [5, 5.41) is 14.6. The maximum Gasteiger partial charge on any atom is 0.283 e. The summed E-state index contributed by atoms with van der Waals surface area (Å²) in [6.45, 7) is 3.66. The Balaban J connectivity index is 1.53. The van der Waals surface area contributed by atoms with E-state index in [-0.39, 0.29) is 28.0 Å².